The molecule has 0 aromatic heterocycles. The van der Waals surface area contributed by atoms with Crippen LogP contribution in [-0.2, 0) is 14.8 Å². The van der Waals surface area contributed by atoms with Gasteiger partial charge in [0, 0.05) is 25.3 Å². The van der Waals surface area contributed by atoms with Gasteiger partial charge in [-0.2, -0.15) is 0 Å². The van der Waals surface area contributed by atoms with E-state index in [0.717, 1.165) is 9.87 Å². The smallest absolute Gasteiger partial charge is 0.251 e. The molecule has 0 atom stereocenters. The van der Waals surface area contributed by atoms with Crippen molar-refractivity contribution in [3.63, 3.8) is 0 Å². The molecule has 0 aliphatic heterocycles. The van der Waals surface area contributed by atoms with Crippen molar-refractivity contribution in [3.8, 4) is 0 Å². The van der Waals surface area contributed by atoms with E-state index < -0.39 is 15.9 Å². The zero-order valence-corrected chi connectivity index (χ0v) is 15.6. The molecular weight excluding hydrogens is 354 g/mol. The summed E-state index contributed by atoms with van der Waals surface area (Å²) >= 11 is 0. The Morgan fingerprint density at radius 2 is 1.73 bits per heavy atom. The molecule has 0 aliphatic rings. The first-order chi connectivity index (χ1) is 12.2. The molecule has 2 rings (SSSR count). The van der Waals surface area contributed by atoms with Crippen LogP contribution in [0.4, 0.5) is 5.69 Å². The molecule has 2 aromatic rings. The minimum absolute atomic E-state index is 0.0732. The van der Waals surface area contributed by atoms with Crippen LogP contribution < -0.4 is 10.6 Å². The lowest BCUT2D eigenvalue weighted by atomic mass is 10.1. The molecule has 8 heteroatoms. The van der Waals surface area contributed by atoms with Gasteiger partial charge in [0.1, 0.15) is 0 Å². The Morgan fingerprint density at radius 3 is 2.38 bits per heavy atom. The number of anilines is 1. The molecule has 2 aromatic carbocycles. The van der Waals surface area contributed by atoms with Crippen LogP contribution in [0, 0.1) is 6.92 Å². The van der Waals surface area contributed by atoms with Gasteiger partial charge in [0.05, 0.1) is 11.4 Å². The topological polar surface area (TPSA) is 95.6 Å². The third-order valence-electron chi connectivity index (χ3n) is 3.59. The van der Waals surface area contributed by atoms with E-state index in [1.54, 1.807) is 24.3 Å². The van der Waals surface area contributed by atoms with E-state index in [2.05, 4.69) is 10.6 Å². The summed E-state index contributed by atoms with van der Waals surface area (Å²) in [4.78, 5) is 24.1. The Bertz CT molecular complexity index is 924. The Balaban J connectivity index is 1.99. The average Bonchev–Trinajstić information content (AvgIpc) is 2.59. The van der Waals surface area contributed by atoms with E-state index in [9.17, 15) is 18.0 Å². The largest absolute Gasteiger partial charge is 0.343 e. The van der Waals surface area contributed by atoms with Crippen LogP contribution >= 0.6 is 0 Å². The molecular formula is C18H21N3O4S. The third kappa shape index (κ3) is 4.90. The number of sulfonamides is 1. The van der Waals surface area contributed by atoms with Crippen LogP contribution in [0.1, 0.15) is 15.9 Å². The number of hydrogen-bond acceptors (Lipinski definition) is 4. The molecule has 0 aliphatic carbocycles. The van der Waals surface area contributed by atoms with Gasteiger partial charge in [-0.1, -0.05) is 23.8 Å². The van der Waals surface area contributed by atoms with Gasteiger partial charge < -0.3 is 10.6 Å². The van der Waals surface area contributed by atoms with Gasteiger partial charge in [-0.3, -0.25) is 9.59 Å². The van der Waals surface area contributed by atoms with Gasteiger partial charge >= 0.3 is 0 Å². The molecule has 7 nitrogen and oxygen atoms in total. The third-order valence-corrected chi connectivity index (χ3v) is 5.40. The average molecular weight is 375 g/mol. The second kappa shape index (κ2) is 8.11. The van der Waals surface area contributed by atoms with Crippen molar-refractivity contribution in [2.75, 3.05) is 26.0 Å². The Hall–Kier alpha value is -2.71. The molecule has 2 amide bonds. The molecule has 26 heavy (non-hydrogen) atoms. The van der Waals surface area contributed by atoms with Crippen LogP contribution in [0.3, 0.4) is 0 Å². The summed E-state index contributed by atoms with van der Waals surface area (Å²) in [6.45, 7) is 1.65. The van der Waals surface area contributed by atoms with E-state index in [4.69, 9.17) is 0 Å². The number of aryl methyl sites for hydroxylation is 1. The van der Waals surface area contributed by atoms with Gasteiger partial charge in [0.2, 0.25) is 15.9 Å². The zero-order valence-electron chi connectivity index (χ0n) is 14.8. The normalized spacial score (nSPS) is 11.2. The molecule has 0 bridgehead atoms. The van der Waals surface area contributed by atoms with Gasteiger partial charge in [0.25, 0.3) is 5.91 Å². The molecule has 0 saturated heterocycles. The highest BCUT2D eigenvalue weighted by Crippen LogP contribution is 2.17. The fraction of sp³-hybridized carbons (Fsp3) is 0.222. The number of nitrogens with one attached hydrogen (secondary N) is 2. The van der Waals surface area contributed by atoms with Crippen LogP contribution in [-0.4, -0.2) is 45.2 Å². The number of benzene rings is 2. The van der Waals surface area contributed by atoms with E-state index in [1.165, 1.54) is 32.3 Å². The molecule has 138 valence electrons. The van der Waals surface area contributed by atoms with Gasteiger partial charge in [-0.05, 0) is 37.3 Å². The maximum Gasteiger partial charge on any atom is 0.251 e. The highest BCUT2D eigenvalue weighted by molar-refractivity contribution is 7.89. The molecule has 2 N–H and O–H groups in total. The van der Waals surface area contributed by atoms with Crippen molar-refractivity contribution in [2.45, 2.75) is 11.8 Å². The van der Waals surface area contributed by atoms with Crippen molar-refractivity contribution >= 4 is 27.5 Å². The second-order valence-electron chi connectivity index (χ2n) is 5.92. The van der Waals surface area contributed by atoms with Crippen molar-refractivity contribution in [3.05, 3.63) is 59.7 Å². The Labute approximate surface area is 153 Å². The van der Waals surface area contributed by atoms with Crippen molar-refractivity contribution in [1.82, 2.24) is 9.62 Å². The predicted octanol–water partition coefficient (Wildman–Crippen LogP) is 1.61. The lowest BCUT2D eigenvalue weighted by Gasteiger charge is -2.13. The number of carbonyl (C=O) groups excluding carboxylic acids is 2. The van der Waals surface area contributed by atoms with Crippen molar-refractivity contribution in [1.29, 1.82) is 0 Å². The molecule has 0 heterocycles. The van der Waals surface area contributed by atoms with Gasteiger partial charge in [-0.25, -0.2) is 12.7 Å². The summed E-state index contributed by atoms with van der Waals surface area (Å²) in [5.74, 6) is -0.807. The molecule has 0 spiro atoms. The summed E-state index contributed by atoms with van der Waals surface area (Å²) in [5, 5.41) is 5.11. The maximum atomic E-state index is 12.1. The number of rotatable bonds is 6. The summed E-state index contributed by atoms with van der Waals surface area (Å²) in [7, 11) is -0.725. The Kier molecular flexibility index (Phi) is 6.12. The SMILES string of the molecule is Cc1cccc(C(=O)NCC(=O)Nc2cccc(S(=O)(=O)N(C)C)c2)c1. The minimum atomic E-state index is -3.59. The highest BCUT2D eigenvalue weighted by atomic mass is 32.2. The number of nitrogens with zero attached hydrogens (tertiary/aromatic N) is 1. The van der Waals surface area contributed by atoms with E-state index >= 15 is 0 Å². The fourth-order valence-electron chi connectivity index (χ4n) is 2.20. The van der Waals surface area contributed by atoms with Crippen molar-refractivity contribution < 1.29 is 18.0 Å². The van der Waals surface area contributed by atoms with Crippen molar-refractivity contribution in [2.24, 2.45) is 0 Å². The lowest BCUT2D eigenvalue weighted by Crippen LogP contribution is -2.32. The predicted molar refractivity (Wildman–Crippen MR) is 99.5 cm³/mol. The molecule has 0 unspecified atom stereocenters. The monoisotopic (exact) mass is 375 g/mol. The zero-order chi connectivity index (χ0) is 19.3. The minimum Gasteiger partial charge on any atom is -0.343 e. The summed E-state index contributed by atoms with van der Waals surface area (Å²) in [5.41, 5.74) is 1.75. The first-order valence-corrected chi connectivity index (χ1v) is 9.31. The Morgan fingerprint density at radius 1 is 1.04 bits per heavy atom. The van der Waals surface area contributed by atoms with Crippen LogP contribution in [0.5, 0.6) is 0 Å². The summed E-state index contributed by atoms with van der Waals surface area (Å²) < 4.78 is 25.3. The summed E-state index contributed by atoms with van der Waals surface area (Å²) in [6.07, 6.45) is 0. The summed E-state index contributed by atoms with van der Waals surface area (Å²) in [6, 6.07) is 13.0. The number of amides is 2. The number of hydrogen-bond donors (Lipinski definition) is 2. The first-order valence-electron chi connectivity index (χ1n) is 7.87. The molecule has 0 radical (unpaired) electrons. The standard InChI is InChI=1S/C18H21N3O4S/c1-13-6-4-7-14(10-13)18(23)19-12-17(22)20-15-8-5-9-16(11-15)26(24,25)21(2)3/h4-11H,12H2,1-3H3,(H,19,23)(H,20,22). The molecule has 0 saturated carbocycles. The number of carbonyl (C=O) groups is 2. The second-order valence-corrected chi connectivity index (χ2v) is 8.07. The maximum absolute atomic E-state index is 12.1. The quantitative estimate of drug-likeness (QED) is 0.802. The van der Waals surface area contributed by atoms with E-state index in [1.807, 2.05) is 13.0 Å². The van der Waals surface area contributed by atoms with Gasteiger partial charge in [0.15, 0.2) is 0 Å². The van der Waals surface area contributed by atoms with E-state index in [-0.39, 0.29) is 17.3 Å². The first kappa shape index (κ1) is 19.6. The van der Waals surface area contributed by atoms with E-state index in [0.29, 0.717) is 11.3 Å². The molecule has 0 fully saturated rings. The van der Waals surface area contributed by atoms with Gasteiger partial charge in [-0.15, -0.1) is 0 Å². The fourth-order valence-corrected chi connectivity index (χ4v) is 3.15. The van der Waals surface area contributed by atoms with Crippen LogP contribution in [0.2, 0.25) is 0 Å². The van der Waals surface area contributed by atoms with Crippen LogP contribution in [0.15, 0.2) is 53.4 Å². The highest BCUT2D eigenvalue weighted by Gasteiger charge is 2.17. The van der Waals surface area contributed by atoms with Crippen LogP contribution in [0.25, 0.3) is 0 Å². The lowest BCUT2D eigenvalue weighted by molar-refractivity contribution is -0.115.